The monoisotopic (exact) mass is 292 g/mol. The van der Waals surface area contributed by atoms with Crippen molar-refractivity contribution in [3.63, 3.8) is 0 Å². The number of likely N-dealkylation sites (N-methyl/N-ethyl adjacent to an activating group) is 1. The highest BCUT2D eigenvalue weighted by molar-refractivity contribution is 7.89. The van der Waals surface area contributed by atoms with Crippen LogP contribution in [0.25, 0.3) is 0 Å². The van der Waals surface area contributed by atoms with Gasteiger partial charge < -0.3 is 4.74 Å². The number of hydrogen-bond donors (Lipinski definition) is 1. The molecule has 8 nitrogen and oxygen atoms in total. The van der Waals surface area contributed by atoms with E-state index in [1.54, 1.807) is 0 Å². The number of rotatable bonds is 6. The van der Waals surface area contributed by atoms with E-state index in [0.717, 1.165) is 4.90 Å². The molecule has 0 radical (unpaired) electrons. The van der Waals surface area contributed by atoms with Crippen LogP contribution in [0.1, 0.15) is 19.3 Å². The van der Waals surface area contributed by atoms with Gasteiger partial charge in [0.25, 0.3) is 0 Å². The Labute approximate surface area is 111 Å². The van der Waals surface area contributed by atoms with Gasteiger partial charge in [-0.1, -0.05) is 0 Å². The molecule has 0 aromatic carbocycles. The Hall–Kier alpha value is -1.48. The van der Waals surface area contributed by atoms with Gasteiger partial charge in [0, 0.05) is 13.5 Å². The molecule has 1 N–H and O–H groups in total. The van der Waals surface area contributed by atoms with Crippen molar-refractivity contribution >= 4 is 27.8 Å². The topological polar surface area (TPSA) is 110 Å². The molecular formula is C10H16N2O6S. The van der Waals surface area contributed by atoms with E-state index in [1.807, 2.05) is 0 Å². The summed E-state index contributed by atoms with van der Waals surface area (Å²) in [6.45, 7) is 0. The highest BCUT2D eigenvalue weighted by Gasteiger charge is 2.38. The first-order valence-electron chi connectivity index (χ1n) is 5.64. The predicted octanol–water partition coefficient (Wildman–Crippen LogP) is -1.38. The second-order valence-electron chi connectivity index (χ2n) is 4.16. The van der Waals surface area contributed by atoms with E-state index < -0.39 is 33.8 Å². The number of sulfonamides is 1. The summed E-state index contributed by atoms with van der Waals surface area (Å²) < 4.78 is 29.9. The molecule has 0 spiro atoms. The van der Waals surface area contributed by atoms with Crippen LogP contribution in [0.15, 0.2) is 0 Å². The zero-order valence-corrected chi connectivity index (χ0v) is 11.5. The summed E-state index contributed by atoms with van der Waals surface area (Å²) in [6.07, 6.45) is -0.104. The smallest absolute Gasteiger partial charge is 0.305 e. The minimum Gasteiger partial charge on any atom is -0.469 e. The lowest BCUT2D eigenvalue weighted by Gasteiger charge is -2.11. The van der Waals surface area contributed by atoms with E-state index in [9.17, 15) is 22.8 Å². The molecule has 9 heteroatoms. The first-order chi connectivity index (χ1) is 8.76. The third-order valence-electron chi connectivity index (χ3n) is 2.72. The lowest BCUT2D eigenvalue weighted by Crippen LogP contribution is -2.41. The molecule has 1 saturated heterocycles. The van der Waals surface area contributed by atoms with Crippen molar-refractivity contribution in [1.82, 2.24) is 9.62 Å². The molecule has 0 bridgehead atoms. The highest BCUT2D eigenvalue weighted by atomic mass is 32.2. The number of carbonyl (C=O) groups is 3. The molecule has 1 aliphatic heterocycles. The Balaban J connectivity index is 2.49. The van der Waals surface area contributed by atoms with Crippen LogP contribution in [0, 0.1) is 0 Å². The molecule has 1 rings (SSSR count). The Kier molecular flexibility index (Phi) is 5.01. The predicted molar refractivity (Wildman–Crippen MR) is 64.4 cm³/mol. The van der Waals surface area contributed by atoms with E-state index in [-0.39, 0.29) is 25.0 Å². The van der Waals surface area contributed by atoms with Crippen molar-refractivity contribution in [2.45, 2.75) is 25.3 Å². The first kappa shape index (κ1) is 15.6. The zero-order chi connectivity index (χ0) is 14.6. The number of nitrogens with one attached hydrogen (secondary N) is 1. The molecule has 1 unspecified atom stereocenters. The maximum absolute atomic E-state index is 11.7. The molecule has 1 fully saturated rings. The summed E-state index contributed by atoms with van der Waals surface area (Å²) >= 11 is 0. The SMILES string of the molecule is COC(=O)CCCS(=O)(=O)NC1CC(=O)N(C)C1=O. The number of likely N-dealkylation sites (tertiary alicyclic amines) is 1. The van der Waals surface area contributed by atoms with E-state index in [0.29, 0.717) is 0 Å². The summed E-state index contributed by atoms with van der Waals surface area (Å²) in [5.41, 5.74) is 0. The first-order valence-corrected chi connectivity index (χ1v) is 7.29. The molecule has 1 heterocycles. The quantitative estimate of drug-likeness (QED) is 0.477. The van der Waals surface area contributed by atoms with Crippen LogP contribution in [0.2, 0.25) is 0 Å². The average molecular weight is 292 g/mol. The number of nitrogens with zero attached hydrogens (tertiary/aromatic N) is 1. The Bertz CT molecular complexity index is 486. The maximum Gasteiger partial charge on any atom is 0.305 e. The van der Waals surface area contributed by atoms with Crippen molar-refractivity contribution in [3.8, 4) is 0 Å². The maximum atomic E-state index is 11.7. The van der Waals surface area contributed by atoms with Crippen molar-refractivity contribution in [3.05, 3.63) is 0 Å². The van der Waals surface area contributed by atoms with Gasteiger partial charge in [0.05, 0.1) is 19.3 Å². The van der Waals surface area contributed by atoms with Gasteiger partial charge in [0.1, 0.15) is 6.04 Å². The van der Waals surface area contributed by atoms with E-state index in [2.05, 4.69) is 9.46 Å². The normalized spacial score (nSPS) is 19.9. The van der Waals surface area contributed by atoms with Gasteiger partial charge in [-0.05, 0) is 6.42 Å². The summed E-state index contributed by atoms with van der Waals surface area (Å²) in [4.78, 5) is 34.5. The van der Waals surface area contributed by atoms with Gasteiger partial charge in [-0.3, -0.25) is 19.3 Å². The summed E-state index contributed by atoms with van der Waals surface area (Å²) in [5.74, 6) is -1.79. The van der Waals surface area contributed by atoms with Gasteiger partial charge in [-0.2, -0.15) is 0 Å². The molecular weight excluding hydrogens is 276 g/mol. The van der Waals surface area contributed by atoms with E-state index >= 15 is 0 Å². The number of imide groups is 1. The molecule has 2 amide bonds. The van der Waals surface area contributed by atoms with Crippen molar-refractivity contribution in [2.75, 3.05) is 19.9 Å². The Morgan fingerprint density at radius 2 is 2.11 bits per heavy atom. The van der Waals surface area contributed by atoms with Crippen LogP contribution in [-0.4, -0.2) is 57.1 Å². The van der Waals surface area contributed by atoms with Crippen LogP contribution in [0.4, 0.5) is 0 Å². The fourth-order valence-corrected chi connectivity index (χ4v) is 2.89. The second-order valence-corrected chi connectivity index (χ2v) is 6.04. The Morgan fingerprint density at radius 3 is 2.58 bits per heavy atom. The van der Waals surface area contributed by atoms with Gasteiger partial charge in [-0.25, -0.2) is 13.1 Å². The second kappa shape index (κ2) is 6.11. The summed E-state index contributed by atoms with van der Waals surface area (Å²) in [6, 6.07) is -1.04. The minimum absolute atomic E-state index is 0.0190. The highest BCUT2D eigenvalue weighted by Crippen LogP contribution is 2.12. The molecule has 19 heavy (non-hydrogen) atoms. The number of hydrogen-bond acceptors (Lipinski definition) is 6. The third-order valence-corrected chi connectivity index (χ3v) is 4.19. The fraction of sp³-hybridized carbons (Fsp3) is 0.700. The number of carbonyl (C=O) groups excluding carboxylic acids is 3. The zero-order valence-electron chi connectivity index (χ0n) is 10.7. The molecule has 0 aromatic rings. The number of amides is 2. The lowest BCUT2D eigenvalue weighted by molar-refractivity contribution is -0.141. The molecule has 108 valence electrons. The van der Waals surface area contributed by atoms with Crippen molar-refractivity contribution in [1.29, 1.82) is 0 Å². The van der Waals surface area contributed by atoms with Crippen LogP contribution in [0.5, 0.6) is 0 Å². The molecule has 1 aliphatic rings. The van der Waals surface area contributed by atoms with Crippen LogP contribution in [0.3, 0.4) is 0 Å². The largest absolute Gasteiger partial charge is 0.469 e. The molecule has 0 aromatic heterocycles. The van der Waals surface area contributed by atoms with Gasteiger partial charge in [0.2, 0.25) is 21.8 Å². The van der Waals surface area contributed by atoms with E-state index in [4.69, 9.17) is 0 Å². The van der Waals surface area contributed by atoms with Crippen molar-refractivity contribution < 1.29 is 27.5 Å². The van der Waals surface area contributed by atoms with Gasteiger partial charge in [0.15, 0.2) is 0 Å². The fourth-order valence-electron chi connectivity index (χ4n) is 1.63. The summed E-state index contributed by atoms with van der Waals surface area (Å²) in [7, 11) is -1.19. The number of methoxy groups -OCH3 is 1. The number of ether oxygens (including phenoxy) is 1. The van der Waals surface area contributed by atoms with Crippen molar-refractivity contribution in [2.24, 2.45) is 0 Å². The molecule has 0 aliphatic carbocycles. The van der Waals surface area contributed by atoms with Crippen LogP contribution in [-0.2, 0) is 29.1 Å². The van der Waals surface area contributed by atoms with Gasteiger partial charge in [-0.15, -0.1) is 0 Å². The lowest BCUT2D eigenvalue weighted by atomic mass is 10.3. The van der Waals surface area contributed by atoms with Crippen LogP contribution < -0.4 is 4.72 Å². The average Bonchev–Trinajstić information content (AvgIpc) is 2.56. The van der Waals surface area contributed by atoms with Crippen LogP contribution >= 0.6 is 0 Å². The van der Waals surface area contributed by atoms with E-state index in [1.165, 1.54) is 14.2 Å². The summed E-state index contributed by atoms with van der Waals surface area (Å²) in [5, 5.41) is 0. The minimum atomic E-state index is -3.71. The standard InChI is InChI=1S/C10H16N2O6S/c1-12-8(13)6-7(10(12)15)11-19(16,17)5-3-4-9(14)18-2/h7,11H,3-6H2,1-2H3. The molecule has 0 saturated carbocycles. The Morgan fingerprint density at radius 1 is 1.47 bits per heavy atom. The van der Waals surface area contributed by atoms with Gasteiger partial charge >= 0.3 is 5.97 Å². The molecule has 1 atom stereocenters. The number of esters is 1. The third kappa shape index (κ3) is 4.28.